The van der Waals surface area contributed by atoms with Crippen LogP contribution >= 0.6 is 0 Å². The van der Waals surface area contributed by atoms with E-state index in [0.29, 0.717) is 12.4 Å². The molecule has 0 unspecified atom stereocenters. The second kappa shape index (κ2) is 8.44. The highest BCUT2D eigenvalue weighted by Gasteiger charge is 2.36. The molecule has 1 saturated heterocycles. The molecule has 3 rings (SSSR count). The lowest BCUT2D eigenvalue weighted by Gasteiger charge is -2.37. The van der Waals surface area contributed by atoms with E-state index in [1.165, 1.54) is 0 Å². The first-order chi connectivity index (χ1) is 13.9. The number of rotatable bonds is 3. The minimum atomic E-state index is -0.559. The summed E-state index contributed by atoms with van der Waals surface area (Å²) >= 11 is 0. The zero-order valence-electron chi connectivity index (χ0n) is 19.1. The first kappa shape index (κ1) is 22.4. The molecular formula is C23H35N3O4. The van der Waals surface area contributed by atoms with Crippen LogP contribution in [0.15, 0.2) is 18.3 Å². The molecule has 0 radical (unpaired) electrons. The molecule has 7 heteroatoms. The Morgan fingerprint density at radius 2 is 1.67 bits per heavy atom. The fraction of sp³-hybridized carbons (Fsp3) is 0.696. The zero-order chi connectivity index (χ0) is 22.1. The Labute approximate surface area is 179 Å². The number of likely N-dealkylation sites (tertiary alicyclic amines) is 1. The van der Waals surface area contributed by atoms with Gasteiger partial charge < -0.3 is 14.4 Å². The van der Waals surface area contributed by atoms with E-state index in [1.54, 1.807) is 16.0 Å². The van der Waals surface area contributed by atoms with Gasteiger partial charge in [-0.25, -0.2) is 14.6 Å². The van der Waals surface area contributed by atoms with E-state index in [1.807, 2.05) is 53.7 Å². The lowest BCUT2D eigenvalue weighted by Crippen LogP contribution is -2.47. The number of anilines is 1. The SMILES string of the molecule is CC(C)(C)OC(=O)N(c1ccc([C@H]2CCCN2C(=O)OC(C)(C)C)cn1)C1CCC1. The van der Waals surface area contributed by atoms with Crippen molar-refractivity contribution in [3.8, 4) is 0 Å². The zero-order valence-corrected chi connectivity index (χ0v) is 19.1. The minimum Gasteiger partial charge on any atom is -0.444 e. The summed E-state index contributed by atoms with van der Waals surface area (Å²) in [7, 11) is 0. The van der Waals surface area contributed by atoms with E-state index in [0.717, 1.165) is 37.7 Å². The van der Waals surface area contributed by atoms with Crippen LogP contribution in [0.2, 0.25) is 0 Å². The van der Waals surface area contributed by atoms with E-state index < -0.39 is 11.2 Å². The van der Waals surface area contributed by atoms with E-state index in [2.05, 4.69) is 4.98 Å². The summed E-state index contributed by atoms with van der Waals surface area (Å²) in [6.07, 6.45) is 5.95. The van der Waals surface area contributed by atoms with E-state index in [9.17, 15) is 9.59 Å². The van der Waals surface area contributed by atoms with Crippen molar-refractivity contribution in [2.75, 3.05) is 11.4 Å². The lowest BCUT2D eigenvalue weighted by atomic mass is 9.91. The number of pyridine rings is 1. The molecular weight excluding hydrogens is 382 g/mol. The summed E-state index contributed by atoms with van der Waals surface area (Å²) in [6.45, 7) is 11.9. The maximum absolute atomic E-state index is 12.8. The molecule has 0 spiro atoms. The largest absolute Gasteiger partial charge is 0.444 e. The molecule has 1 saturated carbocycles. The van der Waals surface area contributed by atoms with Crippen LogP contribution in [0.3, 0.4) is 0 Å². The first-order valence-electron chi connectivity index (χ1n) is 10.9. The Morgan fingerprint density at radius 3 is 2.17 bits per heavy atom. The number of nitrogens with zero attached hydrogens (tertiary/aromatic N) is 3. The number of amides is 2. The van der Waals surface area contributed by atoms with Crippen molar-refractivity contribution in [3.63, 3.8) is 0 Å². The molecule has 0 bridgehead atoms. The van der Waals surface area contributed by atoms with Gasteiger partial charge in [0.05, 0.1) is 6.04 Å². The summed E-state index contributed by atoms with van der Waals surface area (Å²) in [5.74, 6) is 0.597. The Kier molecular flexibility index (Phi) is 6.29. The highest BCUT2D eigenvalue weighted by atomic mass is 16.6. The Bertz CT molecular complexity index is 760. The molecule has 1 atom stereocenters. The fourth-order valence-electron chi connectivity index (χ4n) is 3.78. The van der Waals surface area contributed by atoms with Gasteiger partial charge in [-0.1, -0.05) is 6.07 Å². The highest BCUT2D eigenvalue weighted by molar-refractivity contribution is 5.87. The van der Waals surface area contributed by atoms with Gasteiger partial charge in [0, 0.05) is 18.8 Å². The Hall–Kier alpha value is -2.31. The molecule has 1 aliphatic heterocycles. The van der Waals surface area contributed by atoms with Crippen molar-refractivity contribution in [1.82, 2.24) is 9.88 Å². The van der Waals surface area contributed by atoms with Gasteiger partial charge in [-0.15, -0.1) is 0 Å². The fourth-order valence-corrected chi connectivity index (χ4v) is 3.78. The van der Waals surface area contributed by atoms with E-state index in [-0.39, 0.29) is 24.3 Å². The van der Waals surface area contributed by atoms with Gasteiger partial charge in [0.1, 0.15) is 17.0 Å². The van der Waals surface area contributed by atoms with Crippen LogP contribution < -0.4 is 4.90 Å². The predicted octanol–water partition coefficient (Wildman–Crippen LogP) is 5.45. The van der Waals surface area contributed by atoms with Crippen LogP contribution in [-0.2, 0) is 9.47 Å². The summed E-state index contributed by atoms with van der Waals surface area (Å²) in [5, 5.41) is 0. The van der Waals surface area contributed by atoms with Crippen molar-refractivity contribution in [3.05, 3.63) is 23.9 Å². The molecule has 1 aromatic rings. The maximum atomic E-state index is 12.8. The average molecular weight is 418 g/mol. The van der Waals surface area contributed by atoms with Crippen LogP contribution in [0.4, 0.5) is 15.4 Å². The van der Waals surface area contributed by atoms with Gasteiger partial charge in [-0.05, 0) is 85.3 Å². The average Bonchev–Trinajstić information content (AvgIpc) is 3.05. The standard InChI is InChI=1S/C23H35N3O4/c1-22(2,3)29-20(27)25-14-8-11-18(25)16-12-13-19(24-15-16)26(17-9-7-10-17)21(28)30-23(4,5)6/h12-13,15,17-18H,7-11,14H2,1-6H3/t18-/m1/s1. The number of hydrogen-bond acceptors (Lipinski definition) is 5. The van der Waals surface area contributed by atoms with E-state index in [4.69, 9.17) is 9.47 Å². The number of carbonyl (C=O) groups is 2. The number of aromatic nitrogens is 1. The Morgan fingerprint density at radius 1 is 1.00 bits per heavy atom. The summed E-state index contributed by atoms with van der Waals surface area (Å²) < 4.78 is 11.2. The molecule has 2 fully saturated rings. The molecule has 2 heterocycles. The quantitative estimate of drug-likeness (QED) is 0.654. The Balaban J connectivity index is 1.77. The molecule has 2 amide bonds. The monoisotopic (exact) mass is 417 g/mol. The van der Waals surface area contributed by atoms with Crippen molar-refractivity contribution < 1.29 is 19.1 Å². The third kappa shape index (κ3) is 5.43. The molecule has 1 aliphatic carbocycles. The number of ether oxygens (including phenoxy) is 2. The number of hydrogen-bond donors (Lipinski definition) is 0. The molecule has 1 aromatic heterocycles. The smallest absolute Gasteiger partial charge is 0.416 e. The summed E-state index contributed by atoms with van der Waals surface area (Å²) in [4.78, 5) is 33.4. The van der Waals surface area contributed by atoms with Gasteiger partial charge >= 0.3 is 12.2 Å². The second-order valence-electron chi connectivity index (χ2n) is 10.2. The molecule has 30 heavy (non-hydrogen) atoms. The highest BCUT2D eigenvalue weighted by Crippen LogP contribution is 2.35. The molecule has 166 valence electrons. The van der Waals surface area contributed by atoms with Gasteiger partial charge in [-0.3, -0.25) is 4.90 Å². The van der Waals surface area contributed by atoms with E-state index >= 15 is 0 Å². The third-order valence-corrected chi connectivity index (χ3v) is 5.31. The summed E-state index contributed by atoms with van der Waals surface area (Å²) in [6, 6.07) is 3.90. The predicted molar refractivity (Wildman–Crippen MR) is 116 cm³/mol. The van der Waals surface area contributed by atoms with Gasteiger partial charge in [0.15, 0.2) is 0 Å². The number of carbonyl (C=O) groups excluding carboxylic acids is 2. The molecule has 0 N–H and O–H groups in total. The van der Waals surface area contributed by atoms with Crippen molar-refractivity contribution in [1.29, 1.82) is 0 Å². The normalized spacial score (nSPS) is 19.9. The minimum absolute atomic E-state index is 0.0555. The van der Waals surface area contributed by atoms with Crippen LogP contribution in [0, 0.1) is 0 Å². The maximum Gasteiger partial charge on any atom is 0.416 e. The molecule has 0 aromatic carbocycles. The van der Waals surface area contributed by atoms with Crippen LogP contribution in [0.5, 0.6) is 0 Å². The van der Waals surface area contributed by atoms with Gasteiger partial charge in [-0.2, -0.15) is 0 Å². The lowest BCUT2D eigenvalue weighted by molar-refractivity contribution is 0.0224. The van der Waals surface area contributed by atoms with Crippen molar-refractivity contribution in [2.45, 2.75) is 96.9 Å². The van der Waals surface area contributed by atoms with Gasteiger partial charge in [0.25, 0.3) is 0 Å². The van der Waals surface area contributed by atoms with Gasteiger partial charge in [0.2, 0.25) is 0 Å². The van der Waals surface area contributed by atoms with Crippen molar-refractivity contribution in [2.24, 2.45) is 0 Å². The third-order valence-electron chi connectivity index (χ3n) is 5.31. The summed E-state index contributed by atoms with van der Waals surface area (Å²) in [5.41, 5.74) is -0.125. The van der Waals surface area contributed by atoms with Crippen LogP contribution in [0.25, 0.3) is 0 Å². The molecule has 2 aliphatic rings. The first-order valence-corrected chi connectivity index (χ1v) is 10.9. The second-order valence-corrected chi connectivity index (χ2v) is 10.2. The van der Waals surface area contributed by atoms with Crippen LogP contribution in [-0.4, -0.2) is 45.9 Å². The van der Waals surface area contributed by atoms with Crippen molar-refractivity contribution >= 4 is 18.0 Å². The molecule has 7 nitrogen and oxygen atoms in total. The van der Waals surface area contributed by atoms with Crippen LogP contribution in [0.1, 0.15) is 85.3 Å². The topological polar surface area (TPSA) is 72.0 Å².